The Morgan fingerprint density at radius 1 is 1.42 bits per heavy atom. The molecular weight excluding hydrogens is 256 g/mol. The highest BCUT2D eigenvalue weighted by Gasteiger charge is 2.19. The van der Waals surface area contributed by atoms with E-state index in [4.69, 9.17) is 4.74 Å². The van der Waals surface area contributed by atoms with E-state index < -0.39 is 13.0 Å². The Bertz CT molecular complexity index is 437. The van der Waals surface area contributed by atoms with Crippen molar-refractivity contribution in [3.63, 3.8) is 0 Å². The van der Waals surface area contributed by atoms with E-state index in [1.807, 2.05) is 0 Å². The van der Waals surface area contributed by atoms with Crippen molar-refractivity contribution in [2.75, 3.05) is 32.8 Å². The number of ether oxygens (including phenoxy) is 1. The van der Waals surface area contributed by atoms with Crippen molar-refractivity contribution in [1.82, 2.24) is 15.2 Å². The summed E-state index contributed by atoms with van der Waals surface area (Å²) in [5.74, 6) is -0.162. The van der Waals surface area contributed by atoms with E-state index in [-0.39, 0.29) is 17.5 Å². The van der Waals surface area contributed by atoms with Crippen LogP contribution in [-0.4, -0.2) is 55.0 Å². The molecule has 0 aromatic carbocycles. The Balaban J connectivity index is 2.02. The molecular formula is C12H15F2N3O2. The lowest BCUT2D eigenvalue weighted by Crippen LogP contribution is -2.46. The van der Waals surface area contributed by atoms with Gasteiger partial charge in [0.05, 0.1) is 0 Å². The number of hydrogen-bond donors (Lipinski definition) is 1. The maximum Gasteiger partial charge on any atom is 0.272 e. The third kappa shape index (κ3) is 3.85. The number of nitrogens with zero attached hydrogens (tertiary/aromatic N) is 2. The lowest BCUT2D eigenvalue weighted by atomic mass is 10.3. The molecule has 0 radical (unpaired) electrons. The average molecular weight is 271 g/mol. The fourth-order valence-corrected chi connectivity index (χ4v) is 1.79. The number of halogens is 2. The maximum absolute atomic E-state index is 12.1. The van der Waals surface area contributed by atoms with Gasteiger partial charge in [-0.2, -0.15) is 0 Å². The van der Waals surface area contributed by atoms with Gasteiger partial charge in [-0.05, 0) is 6.07 Å². The Hall–Kier alpha value is -1.76. The van der Waals surface area contributed by atoms with Crippen LogP contribution in [-0.2, 0) is 0 Å². The third-order valence-electron chi connectivity index (χ3n) is 2.70. The van der Waals surface area contributed by atoms with Crippen molar-refractivity contribution in [1.29, 1.82) is 0 Å². The summed E-state index contributed by atoms with van der Waals surface area (Å²) in [5.41, 5.74) is 0.216. The van der Waals surface area contributed by atoms with Crippen molar-refractivity contribution in [2.24, 2.45) is 0 Å². The van der Waals surface area contributed by atoms with Crippen molar-refractivity contribution >= 4 is 5.91 Å². The van der Waals surface area contributed by atoms with Crippen LogP contribution >= 0.6 is 0 Å². The Kier molecular flexibility index (Phi) is 4.62. The largest absolute Gasteiger partial charge is 0.472 e. The molecule has 19 heavy (non-hydrogen) atoms. The molecule has 2 heterocycles. The highest BCUT2D eigenvalue weighted by atomic mass is 19.3. The molecule has 0 aliphatic carbocycles. The number of aromatic nitrogens is 1. The minimum absolute atomic E-state index is 0.0429. The lowest BCUT2D eigenvalue weighted by molar-refractivity contribution is 0.0720. The van der Waals surface area contributed by atoms with Gasteiger partial charge in [0.2, 0.25) is 5.88 Å². The molecule has 1 aromatic rings. The lowest BCUT2D eigenvalue weighted by Gasteiger charge is -2.27. The Morgan fingerprint density at radius 2 is 2.16 bits per heavy atom. The zero-order valence-electron chi connectivity index (χ0n) is 10.3. The second-order valence-electron chi connectivity index (χ2n) is 4.11. The number of carbonyl (C=O) groups excluding carboxylic acids is 1. The van der Waals surface area contributed by atoms with E-state index in [1.165, 1.54) is 6.07 Å². The van der Waals surface area contributed by atoms with E-state index in [9.17, 15) is 13.6 Å². The van der Waals surface area contributed by atoms with Crippen molar-refractivity contribution in [2.45, 2.75) is 6.43 Å². The first-order chi connectivity index (χ1) is 9.16. The van der Waals surface area contributed by atoms with Crippen LogP contribution in [0.2, 0.25) is 0 Å². The fraction of sp³-hybridized carbons (Fsp3) is 0.500. The molecule has 1 aliphatic heterocycles. The van der Waals surface area contributed by atoms with Crippen LogP contribution in [0.3, 0.4) is 0 Å². The predicted octanol–water partition coefficient (Wildman–Crippen LogP) is 0.771. The first-order valence-corrected chi connectivity index (χ1v) is 6.05. The van der Waals surface area contributed by atoms with Crippen LogP contribution in [0.4, 0.5) is 8.78 Å². The minimum Gasteiger partial charge on any atom is -0.472 e. The van der Waals surface area contributed by atoms with Crippen molar-refractivity contribution < 1.29 is 18.3 Å². The van der Waals surface area contributed by atoms with Crippen LogP contribution < -0.4 is 10.1 Å². The summed E-state index contributed by atoms with van der Waals surface area (Å²) in [6.45, 7) is 1.99. The molecule has 2 rings (SSSR count). The molecule has 1 N–H and O–H groups in total. The van der Waals surface area contributed by atoms with Crippen molar-refractivity contribution in [3.05, 3.63) is 23.9 Å². The van der Waals surface area contributed by atoms with Crippen molar-refractivity contribution in [3.8, 4) is 5.88 Å². The number of rotatable bonds is 4. The predicted molar refractivity (Wildman–Crippen MR) is 64.5 cm³/mol. The molecule has 1 fully saturated rings. The van der Waals surface area contributed by atoms with Crippen LogP contribution in [0.5, 0.6) is 5.88 Å². The standard InChI is InChI=1S/C12H15F2N3O2/c13-10(14)8-19-11-3-1-2-9(16-11)12(18)17-6-4-15-5-7-17/h1-3,10,15H,4-8H2. The zero-order chi connectivity index (χ0) is 13.7. The monoisotopic (exact) mass is 271 g/mol. The fourth-order valence-electron chi connectivity index (χ4n) is 1.79. The smallest absolute Gasteiger partial charge is 0.272 e. The molecule has 104 valence electrons. The van der Waals surface area contributed by atoms with Gasteiger partial charge < -0.3 is 15.0 Å². The average Bonchev–Trinajstić information content (AvgIpc) is 2.45. The van der Waals surface area contributed by atoms with E-state index in [0.717, 1.165) is 13.1 Å². The van der Waals surface area contributed by atoms with Gasteiger partial charge >= 0.3 is 0 Å². The number of amides is 1. The Morgan fingerprint density at radius 3 is 2.84 bits per heavy atom. The van der Waals surface area contributed by atoms with E-state index in [0.29, 0.717) is 13.1 Å². The van der Waals surface area contributed by atoms with Gasteiger partial charge in [-0.1, -0.05) is 6.07 Å². The second-order valence-corrected chi connectivity index (χ2v) is 4.11. The quantitative estimate of drug-likeness (QED) is 0.879. The molecule has 1 aliphatic rings. The van der Waals surface area contributed by atoms with Crippen LogP contribution in [0, 0.1) is 0 Å². The molecule has 1 aromatic heterocycles. The number of carbonyl (C=O) groups is 1. The highest BCUT2D eigenvalue weighted by molar-refractivity contribution is 5.92. The minimum atomic E-state index is -2.56. The topological polar surface area (TPSA) is 54.5 Å². The van der Waals surface area contributed by atoms with E-state index in [2.05, 4.69) is 10.3 Å². The first kappa shape index (κ1) is 13.7. The van der Waals surface area contributed by atoms with E-state index >= 15 is 0 Å². The summed E-state index contributed by atoms with van der Waals surface area (Å²) in [4.78, 5) is 17.8. The summed E-state index contributed by atoms with van der Waals surface area (Å²) in [6, 6.07) is 4.58. The number of hydrogen-bond acceptors (Lipinski definition) is 4. The molecule has 7 heteroatoms. The van der Waals surface area contributed by atoms with Crippen LogP contribution in [0.15, 0.2) is 18.2 Å². The molecule has 1 saturated heterocycles. The maximum atomic E-state index is 12.1. The number of pyridine rings is 1. The summed E-state index contributed by atoms with van der Waals surface area (Å²) in [5, 5.41) is 3.14. The van der Waals surface area contributed by atoms with Gasteiger partial charge in [-0.15, -0.1) is 0 Å². The summed E-state index contributed by atoms with van der Waals surface area (Å²) >= 11 is 0. The number of nitrogens with one attached hydrogen (secondary N) is 1. The molecule has 5 nitrogen and oxygen atoms in total. The summed E-state index contributed by atoms with van der Waals surface area (Å²) in [6.07, 6.45) is -2.56. The number of piperazine rings is 1. The summed E-state index contributed by atoms with van der Waals surface area (Å²) < 4.78 is 28.9. The van der Waals surface area contributed by atoms with Gasteiger partial charge in [0.15, 0.2) is 6.61 Å². The van der Waals surface area contributed by atoms with Gasteiger partial charge in [0.1, 0.15) is 5.69 Å². The van der Waals surface area contributed by atoms with Crippen LogP contribution in [0.25, 0.3) is 0 Å². The first-order valence-electron chi connectivity index (χ1n) is 6.05. The highest BCUT2D eigenvalue weighted by Crippen LogP contribution is 2.11. The molecule has 0 bridgehead atoms. The Labute approximate surface area is 109 Å². The van der Waals surface area contributed by atoms with Gasteiger partial charge in [-0.25, -0.2) is 13.8 Å². The van der Waals surface area contributed by atoms with Gasteiger partial charge in [0, 0.05) is 32.2 Å². The summed E-state index contributed by atoms with van der Waals surface area (Å²) in [7, 11) is 0. The SMILES string of the molecule is O=C(c1cccc(OCC(F)F)n1)N1CCNCC1. The van der Waals surface area contributed by atoms with E-state index in [1.54, 1.807) is 17.0 Å². The normalized spacial score (nSPS) is 15.6. The molecule has 0 spiro atoms. The molecule has 0 atom stereocenters. The van der Waals surface area contributed by atoms with Gasteiger partial charge in [0.25, 0.3) is 12.3 Å². The van der Waals surface area contributed by atoms with Gasteiger partial charge in [-0.3, -0.25) is 4.79 Å². The zero-order valence-corrected chi connectivity index (χ0v) is 10.3. The second kappa shape index (κ2) is 6.42. The number of alkyl halides is 2. The molecule has 0 unspecified atom stereocenters. The molecule has 1 amide bonds. The third-order valence-corrected chi connectivity index (χ3v) is 2.70. The van der Waals surface area contributed by atoms with Crippen LogP contribution in [0.1, 0.15) is 10.5 Å². The molecule has 0 saturated carbocycles.